The van der Waals surface area contributed by atoms with Crippen LogP contribution in [0.5, 0.6) is 0 Å². The van der Waals surface area contributed by atoms with E-state index in [-0.39, 0.29) is 18.2 Å². The molecule has 0 fully saturated rings. The number of carbonyl (C=O) groups excluding carboxylic acids is 2. The van der Waals surface area contributed by atoms with E-state index >= 15 is 0 Å². The van der Waals surface area contributed by atoms with Gasteiger partial charge in [-0.1, -0.05) is 5.21 Å². The van der Waals surface area contributed by atoms with Crippen molar-refractivity contribution in [1.82, 2.24) is 19.9 Å². The van der Waals surface area contributed by atoms with Gasteiger partial charge in [-0.25, -0.2) is 9.48 Å². The van der Waals surface area contributed by atoms with Gasteiger partial charge in [0.05, 0.1) is 12.3 Å². The van der Waals surface area contributed by atoms with Crippen LogP contribution in [0.25, 0.3) is 0 Å². The number of nitrogens with zero attached hydrogens (tertiary/aromatic N) is 4. The fourth-order valence-electron chi connectivity index (χ4n) is 1.58. The van der Waals surface area contributed by atoms with Crippen LogP contribution in [0.3, 0.4) is 0 Å². The Kier molecular flexibility index (Phi) is 4.41. The van der Waals surface area contributed by atoms with E-state index in [1.165, 1.54) is 9.58 Å². The summed E-state index contributed by atoms with van der Waals surface area (Å²) in [5.74, 6) is -0.635. The van der Waals surface area contributed by atoms with Crippen LogP contribution in [0, 0.1) is 6.92 Å². The SMILES string of the molecule is CCOC(=O)c1nnn(C(C)C(=O)N(C)C)c1C. The van der Waals surface area contributed by atoms with Gasteiger partial charge in [0, 0.05) is 14.1 Å². The fourth-order valence-corrected chi connectivity index (χ4v) is 1.58. The van der Waals surface area contributed by atoms with Crippen molar-refractivity contribution < 1.29 is 14.3 Å². The van der Waals surface area contributed by atoms with E-state index in [0.29, 0.717) is 5.69 Å². The average Bonchev–Trinajstić information content (AvgIpc) is 2.69. The van der Waals surface area contributed by atoms with E-state index < -0.39 is 12.0 Å². The Morgan fingerprint density at radius 2 is 2.06 bits per heavy atom. The van der Waals surface area contributed by atoms with Crippen LogP contribution in [0.2, 0.25) is 0 Å². The Morgan fingerprint density at radius 1 is 1.44 bits per heavy atom. The zero-order valence-electron chi connectivity index (χ0n) is 11.3. The molecule has 0 radical (unpaired) electrons. The van der Waals surface area contributed by atoms with E-state index in [9.17, 15) is 9.59 Å². The second-order valence-electron chi connectivity index (χ2n) is 4.10. The topological polar surface area (TPSA) is 77.3 Å². The van der Waals surface area contributed by atoms with E-state index in [2.05, 4.69) is 10.3 Å². The Bertz CT molecular complexity index is 453. The van der Waals surface area contributed by atoms with Gasteiger partial charge in [-0.3, -0.25) is 4.79 Å². The average molecular weight is 254 g/mol. The maximum Gasteiger partial charge on any atom is 0.360 e. The van der Waals surface area contributed by atoms with Gasteiger partial charge in [0.1, 0.15) is 6.04 Å². The summed E-state index contributed by atoms with van der Waals surface area (Å²) >= 11 is 0. The van der Waals surface area contributed by atoms with Crippen LogP contribution in [-0.4, -0.2) is 52.5 Å². The fraction of sp³-hybridized carbons (Fsp3) is 0.636. The second kappa shape index (κ2) is 5.61. The molecule has 0 N–H and O–H groups in total. The van der Waals surface area contributed by atoms with Crippen molar-refractivity contribution >= 4 is 11.9 Å². The third-order valence-corrected chi connectivity index (χ3v) is 2.56. The molecule has 0 saturated heterocycles. The van der Waals surface area contributed by atoms with E-state index in [0.717, 1.165) is 0 Å². The van der Waals surface area contributed by atoms with Gasteiger partial charge < -0.3 is 9.64 Å². The standard InChI is InChI=1S/C11H18N4O3/c1-6-18-11(17)9-7(2)15(13-12-9)8(3)10(16)14(4)5/h8H,6H2,1-5H3. The highest BCUT2D eigenvalue weighted by molar-refractivity contribution is 5.88. The van der Waals surface area contributed by atoms with Crippen LogP contribution in [-0.2, 0) is 9.53 Å². The molecule has 1 rings (SSSR count). The van der Waals surface area contributed by atoms with Gasteiger partial charge in [0.15, 0.2) is 5.69 Å². The molecule has 7 nitrogen and oxygen atoms in total. The Labute approximate surface area is 106 Å². The van der Waals surface area contributed by atoms with Crippen LogP contribution in [0.15, 0.2) is 0 Å². The van der Waals surface area contributed by atoms with Crippen LogP contribution in [0.1, 0.15) is 36.1 Å². The zero-order chi connectivity index (χ0) is 13.9. The van der Waals surface area contributed by atoms with Gasteiger partial charge >= 0.3 is 5.97 Å². The number of amides is 1. The maximum absolute atomic E-state index is 11.8. The Balaban J connectivity index is 3.00. The predicted octanol–water partition coefficient (Wildman–Crippen LogP) is 0.412. The zero-order valence-corrected chi connectivity index (χ0v) is 11.3. The first-order chi connectivity index (χ1) is 8.40. The molecule has 0 aliphatic carbocycles. The molecule has 1 aromatic heterocycles. The summed E-state index contributed by atoms with van der Waals surface area (Å²) in [5, 5.41) is 7.61. The van der Waals surface area contributed by atoms with Crippen LogP contribution < -0.4 is 0 Å². The monoisotopic (exact) mass is 254 g/mol. The van der Waals surface area contributed by atoms with E-state index in [1.54, 1.807) is 34.9 Å². The van der Waals surface area contributed by atoms with Crippen molar-refractivity contribution in [2.45, 2.75) is 26.8 Å². The minimum absolute atomic E-state index is 0.113. The summed E-state index contributed by atoms with van der Waals surface area (Å²) in [5.41, 5.74) is 0.673. The molecule has 0 aliphatic rings. The highest BCUT2D eigenvalue weighted by Crippen LogP contribution is 2.13. The van der Waals surface area contributed by atoms with Crippen molar-refractivity contribution in [3.8, 4) is 0 Å². The predicted molar refractivity (Wildman–Crippen MR) is 64.1 cm³/mol. The summed E-state index contributed by atoms with van der Waals surface area (Å²) in [6.07, 6.45) is 0. The molecule has 1 atom stereocenters. The summed E-state index contributed by atoms with van der Waals surface area (Å²) in [4.78, 5) is 24.9. The number of hydrogen-bond donors (Lipinski definition) is 0. The second-order valence-corrected chi connectivity index (χ2v) is 4.10. The summed E-state index contributed by atoms with van der Waals surface area (Å²) in [7, 11) is 3.33. The summed E-state index contributed by atoms with van der Waals surface area (Å²) in [6.45, 7) is 5.39. The number of carbonyl (C=O) groups is 2. The third kappa shape index (κ3) is 2.66. The molecule has 100 valence electrons. The lowest BCUT2D eigenvalue weighted by molar-refractivity contribution is -0.132. The van der Waals surface area contributed by atoms with Gasteiger partial charge in [0.25, 0.3) is 0 Å². The number of ether oxygens (including phenoxy) is 1. The highest BCUT2D eigenvalue weighted by atomic mass is 16.5. The molecule has 7 heteroatoms. The molecule has 1 heterocycles. The molecule has 0 saturated carbocycles. The van der Waals surface area contributed by atoms with Crippen LogP contribution in [0.4, 0.5) is 0 Å². The quantitative estimate of drug-likeness (QED) is 0.727. The molecule has 1 unspecified atom stereocenters. The lowest BCUT2D eigenvalue weighted by atomic mass is 10.2. The van der Waals surface area contributed by atoms with E-state index in [4.69, 9.17) is 4.74 Å². The number of esters is 1. The van der Waals surface area contributed by atoms with Crippen molar-refractivity contribution in [3.05, 3.63) is 11.4 Å². The molecule has 0 spiro atoms. The first kappa shape index (κ1) is 14.1. The number of hydrogen-bond acceptors (Lipinski definition) is 5. The molecule has 18 heavy (non-hydrogen) atoms. The number of likely N-dealkylation sites (N-methyl/N-ethyl adjacent to an activating group) is 1. The number of aromatic nitrogens is 3. The minimum atomic E-state index is -0.522. The first-order valence-corrected chi connectivity index (χ1v) is 5.70. The molecular formula is C11H18N4O3. The lowest BCUT2D eigenvalue weighted by Crippen LogP contribution is -2.31. The van der Waals surface area contributed by atoms with Gasteiger partial charge in [-0.2, -0.15) is 0 Å². The van der Waals surface area contributed by atoms with Gasteiger partial charge in [-0.15, -0.1) is 5.10 Å². The molecule has 1 amide bonds. The molecule has 1 aromatic rings. The van der Waals surface area contributed by atoms with Crippen molar-refractivity contribution in [2.75, 3.05) is 20.7 Å². The molecular weight excluding hydrogens is 236 g/mol. The first-order valence-electron chi connectivity index (χ1n) is 5.70. The lowest BCUT2D eigenvalue weighted by Gasteiger charge is -2.17. The minimum Gasteiger partial charge on any atom is -0.461 e. The van der Waals surface area contributed by atoms with Crippen molar-refractivity contribution in [3.63, 3.8) is 0 Å². The largest absolute Gasteiger partial charge is 0.461 e. The van der Waals surface area contributed by atoms with Crippen molar-refractivity contribution in [2.24, 2.45) is 0 Å². The van der Waals surface area contributed by atoms with E-state index in [1.807, 2.05) is 0 Å². The molecule has 0 aromatic carbocycles. The normalized spacial score (nSPS) is 12.1. The number of rotatable bonds is 4. The highest BCUT2D eigenvalue weighted by Gasteiger charge is 2.24. The molecule has 0 bridgehead atoms. The molecule has 0 aliphatic heterocycles. The Morgan fingerprint density at radius 3 is 2.56 bits per heavy atom. The Hall–Kier alpha value is -1.92. The summed E-state index contributed by atoms with van der Waals surface area (Å²) < 4.78 is 6.28. The van der Waals surface area contributed by atoms with Gasteiger partial charge in [-0.05, 0) is 20.8 Å². The van der Waals surface area contributed by atoms with Crippen molar-refractivity contribution in [1.29, 1.82) is 0 Å². The smallest absolute Gasteiger partial charge is 0.360 e. The maximum atomic E-state index is 11.8. The third-order valence-electron chi connectivity index (χ3n) is 2.56. The van der Waals surface area contributed by atoms with Gasteiger partial charge in [0.2, 0.25) is 5.91 Å². The summed E-state index contributed by atoms with van der Waals surface area (Å²) in [6, 6.07) is -0.504. The van der Waals surface area contributed by atoms with Crippen LogP contribution >= 0.6 is 0 Å².